The molecule has 0 bridgehead atoms. The van der Waals surface area contributed by atoms with E-state index in [-0.39, 0.29) is 35.8 Å². The molecule has 2 aliphatic heterocycles. The summed E-state index contributed by atoms with van der Waals surface area (Å²) in [4.78, 5) is -0.369. The largest absolute Gasteiger partial charge is 0.394 e. The maximum Gasteiger partial charge on any atom is 0.246 e. The first-order valence-electron chi connectivity index (χ1n) is 10.4. The molecule has 0 aliphatic carbocycles. The van der Waals surface area contributed by atoms with Gasteiger partial charge in [0.1, 0.15) is 16.5 Å². The number of hydrogen-bond donors (Lipinski definition) is 2. The molecule has 0 aromatic heterocycles. The predicted octanol–water partition coefficient (Wildman–Crippen LogP) is 4.17. The summed E-state index contributed by atoms with van der Waals surface area (Å²) in [6.45, 7) is 0.0385. The van der Waals surface area contributed by atoms with Crippen LogP contribution in [0.4, 0.5) is 14.5 Å². The van der Waals surface area contributed by atoms with E-state index in [0.29, 0.717) is 28.8 Å². The van der Waals surface area contributed by atoms with Crippen molar-refractivity contribution in [2.75, 3.05) is 18.5 Å². The zero-order valence-corrected chi connectivity index (χ0v) is 17.9. The minimum absolute atomic E-state index is 0.163. The molecule has 0 radical (unpaired) electrons. The van der Waals surface area contributed by atoms with Crippen molar-refractivity contribution in [2.24, 2.45) is 5.92 Å². The number of nitrogens with zero attached hydrogens (tertiary/aromatic N) is 1. The van der Waals surface area contributed by atoms with Crippen molar-refractivity contribution in [3.05, 3.63) is 83.9 Å². The van der Waals surface area contributed by atoms with E-state index in [1.54, 1.807) is 36.4 Å². The average molecular weight is 457 g/mol. The molecule has 3 aromatic carbocycles. The second-order valence-electron chi connectivity index (χ2n) is 8.16. The van der Waals surface area contributed by atoms with Gasteiger partial charge in [0.05, 0.1) is 18.7 Å². The van der Waals surface area contributed by atoms with Gasteiger partial charge in [-0.15, -0.1) is 0 Å². The van der Waals surface area contributed by atoms with Crippen molar-refractivity contribution in [3.8, 4) is 11.1 Å². The first kappa shape index (κ1) is 21.1. The Morgan fingerprint density at radius 1 is 1.00 bits per heavy atom. The standard InChI is InChI=1S/C24H22F2N2O3S/c25-19-6-2-1-5-16(19)15-9-10-21-18(13-15)24-17(22(14-29)27-21)11-12-28(24)32(30,31)23-8-4-3-7-20(23)26/h1-10,13,17,22,24,27,29H,11-12,14H2/t17-,22+,24-/m0/s1. The predicted molar refractivity (Wildman–Crippen MR) is 117 cm³/mol. The summed E-state index contributed by atoms with van der Waals surface area (Å²) in [7, 11) is -4.12. The number of fused-ring (bicyclic) bond motifs is 3. The molecule has 0 saturated carbocycles. The van der Waals surface area contributed by atoms with Gasteiger partial charge in [0, 0.05) is 23.7 Å². The molecular formula is C24H22F2N2O3S. The smallest absolute Gasteiger partial charge is 0.246 e. The number of sulfonamides is 1. The van der Waals surface area contributed by atoms with Crippen molar-refractivity contribution in [1.82, 2.24) is 4.31 Å². The topological polar surface area (TPSA) is 69.6 Å². The first-order valence-corrected chi connectivity index (χ1v) is 11.9. The van der Waals surface area contributed by atoms with Gasteiger partial charge in [0.15, 0.2) is 0 Å². The van der Waals surface area contributed by atoms with E-state index in [0.717, 1.165) is 6.07 Å². The molecule has 0 amide bonds. The molecule has 3 atom stereocenters. The Balaban J connectivity index is 1.65. The third kappa shape index (κ3) is 3.30. The van der Waals surface area contributed by atoms with Gasteiger partial charge in [-0.05, 0) is 47.9 Å². The van der Waals surface area contributed by atoms with Gasteiger partial charge in [-0.2, -0.15) is 4.31 Å². The van der Waals surface area contributed by atoms with Gasteiger partial charge in [-0.25, -0.2) is 17.2 Å². The van der Waals surface area contributed by atoms with E-state index in [2.05, 4.69) is 5.32 Å². The van der Waals surface area contributed by atoms with Crippen LogP contribution in [0, 0.1) is 17.6 Å². The number of rotatable bonds is 4. The highest BCUT2D eigenvalue weighted by Gasteiger charge is 2.49. The fourth-order valence-corrected chi connectivity index (χ4v) is 6.67. The molecule has 166 valence electrons. The lowest BCUT2D eigenvalue weighted by Gasteiger charge is -2.39. The number of nitrogens with one attached hydrogen (secondary N) is 1. The molecule has 8 heteroatoms. The third-order valence-electron chi connectivity index (χ3n) is 6.43. The van der Waals surface area contributed by atoms with E-state index in [1.807, 2.05) is 0 Å². The summed E-state index contributed by atoms with van der Waals surface area (Å²) in [5.74, 6) is -1.38. The molecule has 1 fully saturated rings. The van der Waals surface area contributed by atoms with Crippen molar-refractivity contribution < 1.29 is 22.3 Å². The molecule has 0 unspecified atom stereocenters. The molecule has 2 heterocycles. The summed E-state index contributed by atoms with van der Waals surface area (Å²) in [5.41, 5.74) is 2.41. The van der Waals surface area contributed by atoms with Crippen molar-refractivity contribution >= 4 is 15.7 Å². The highest BCUT2D eigenvalue weighted by atomic mass is 32.2. The third-order valence-corrected chi connectivity index (χ3v) is 8.35. The number of aliphatic hydroxyl groups excluding tert-OH is 1. The number of benzene rings is 3. The second-order valence-corrected chi connectivity index (χ2v) is 10.0. The fraction of sp³-hybridized carbons (Fsp3) is 0.250. The molecule has 2 aliphatic rings. The lowest BCUT2D eigenvalue weighted by atomic mass is 9.82. The zero-order chi connectivity index (χ0) is 22.5. The minimum Gasteiger partial charge on any atom is -0.394 e. The van der Waals surface area contributed by atoms with E-state index in [1.165, 1.54) is 28.6 Å². The van der Waals surface area contributed by atoms with Crippen LogP contribution in [-0.4, -0.2) is 37.0 Å². The van der Waals surface area contributed by atoms with Gasteiger partial charge in [0.2, 0.25) is 10.0 Å². The quantitative estimate of drug-likeness (QED) is 0.618. The van der Waals surface area contributed by atoms with Crippen LogP contribution in [-0.2, 0) is 10.0 Å². The molecule has 0 spiro atoms. The van der Waals surface area contributed by atoms with Crippen LogP contribution in [0.1, 0.15) is 18.0 Å². The van der Waals surface area contributed by atoms with Crippen molar-refractivity contribution in [3.63, 3.8) is 0 Å². The Hall–Kier alpha value is -2.81. The average Bonchev–Trinajstić information content (AvgIpc) is 3.25. The van der Waals surface area contributed by atoms with Gasteiger partial charge in [-0.3, -0.25) is 0 Å². The lowest BCUT2D eigenvalue weighted by molar-refractivity contribution is 0.210. The second kappa shape index (κ2) is 7.95. The Bertz CT molecular complexity index is 1280. The first-order chi connectivity index (χ1) is 15.4. The molecule has 1 saturated heterocycles. The van der Waals surface area contributed by atoms with Crippen LogP contribution in [0.5, 0.6) is 0 Å². The van der Waals surface area contributed by atoms with E-state index in [9.17, 15) is 22.3 Å². The molecule has 2 N–H and O–H groups in total. The van der Waals surface area contributed by atoms with Crippen LogP contribution in [0.25, 0.3) is 11.1 Å². The van der Waals surface area contributed by atoms with E-state index < -0.39 is 21.9 Å². The Labute approximate surface area is 185 Å². The Kier molecular flexibility index (Phi) is 5.23. The van der Waals surface area contributed by atoms with Gasteiger partial charge in [-0.1, -0.05) is 36.4 Å². The van der Waals surface area contributed by atoms with Crippen molar-refractivity contribution in [2.45, 2.75) is 23.4 Å². The van der Waals surface area contributed by atoms with E-state index in [4.69, 9.17) is 0 Å². The van der Waals surface area contributed by atoms with E-state index >= 15 is 0 Å². The summed E-state index contributed by atoms with van der Waals surface area (Å²) in [5, 5.41) is 13.2. The summed E-state index contributed by atoms with van der Waals surface area (Å²) >= 11 is 0. The number of hydrogen-bond acceptors (Lipinski definition) is 4. The molecule has 3 aromatic rings. The fourth-order valence-electron chi connectivity index (χ4n) is 4.93. The van der Waals surface area contributed by atoms with Crippen molar-refractivity contribution in [1.29, 1.82) is 0 Å². The van der Waals surface area contributed by atoms with Crippen LogP contribution in [0.15, 0.2) is 71.6 Å². The zero-order valence-electron chi connectivity index (χ0n) is 17.1. The normalized spacial score (nSPS) is 22.8. The number of anilines is 1. The van der Waals surface area contributed by atoms with Gasteiger partial charge >= 0.3 is 0 Å². The molecule has 32 heavy (non-hydrogen) atoms. The summed E-state index contributed by atoms with van der Waals surface area (Å²) < 4.78 is 57.1. The molecular weight excluding hydrogens is 434 g/mol. The van der Waals surface area contributed by atoms with Gasteiger partial charge in [0.25, 0.3) is 0 Å². The van der Waals surface area contributed by atoms with Crippen LogP contribution in [0.2, 0.25) is 0 Å². The summed E-state index contributed by atoms with van der Waals surface area (Å²) in [6.07, 6.45) is 0.514. The van der Waals surface area contributed by atoms with Crippen LogP contribution < -0.4 is 5.32 Å². The molecule has 5 rings (SSSR count). The number of halogens is 2. The minimum atomic E-state index is -4.12. The Morgan fingerprint density at radius 3 is 2.44 bits per heavy atom. The highest BCUT2D eigenvalue weighted by molar-refractivity contribution is 7.89. The maximum atomic E-state index is 14.4. The van der Waals surface area contributed by atoms with Crippen LogP contribution >= 0.6 is 0 Å². The highest BCUT2D eigenvalue weighted by Crippen LogP contribution is 2.49. The Morgan fingerprint density at radius 2 is 1.72 bits per heavy atom. The number of aliphatic hydroxyl groups is 1. The lowest BCUT2D eigenvalue weighted by Crippen LogP contribution is -2.43. The summed E-state index contributed by atoms with van der Waals surface area (Å²) in [6, 6.07) is 16.1. The maximum absolute atomic E-state index is 14.4. The SMILES string of the molecule is O=S(=O)(c1ccccc1F)N1CC[C@@H]2[C@H]1c1cc(-c3ccccc3F)ccc1N[C@@H]2CO. The molecule has 5 nitrogen and oxygen atoms in total. The monoisotopic (exact) mass is 456 g/mol. The van der Waals surface area contributed by atoms with Gasteiger partial charge < -0.3 is 10.4 Å². The van der Waals surface area contributed by atoms with Crippen LogP contribution in [0.3, 0.4) is 0 Å².